The zero-order valence-electron chi connectivity index (χ0n) is 13.3. The van der Waals surface area contributed by atoms with Crippen LogP contribution in [0.2, 0.25) is 0 Å². The molecular weight excluding hydrogens is 300 g/mol. The molecule has 5 nitrogen and oxygen atoms in total. The molecule has 0 amide bonds. The second-order valence-corrected chi connectivity index (χ2v) is 7.14. The first-order chi connectivity index (χ1) is 10.7. The van der Waals surface area contributed by atoms with Gasteiger partial charge in [0.2, 0.25) is 0 Å². The number of hydrogen-bond donors (Lipinski definition) is 0. The van der Waals surface area contributed by atoms with Gasteiger partial charge >= 0.3 is 4.87 Å². The van der Waals surface area contributed by atoms with E-state index in [1.54, 1.807) is 0 Å². The van der Waals surface area contributed by atoms with Crippen LogP contribution in [-0.2, 0) is 16.0 Å². The summed E-state index contributed by atoms with van der Waals surface area (Å²) in [4.78, 5) is 14.4. The van der Waals surface area contributed by atoms with E-state index in [0.717, 1.165) is 57.9 Å². The van der Waals surface area contributed by atoms with Gasteiger partial charge in [-0.1, -0.05) is 11.3 Å². The minimum absolute atomic E-state index is 0.145. The molecule has 2 atom stereocenters. The van der Waals surface area contributed by atoms with Crippen LogP contribution in [0.1, 0.15) is 31.4 Å². The molecule has 0 saturated carbocycles. The Bertz CT molecular complexity index is 498. The van der Waals surface area contributed by atoms with E-state index in [9.17, 15) is 4.79 Å². The van der Waals surface area contributed by atoms with Crippen LogP contribution in [0.25, 0.3) is 0 Å². The first kappa shape index (κ1) is 16.2. The summed E-state index contributed by atoms with van der Waals surface area (Å²) in [5.41, 5.74) is 1.06. The van der Waals surface area contributed by atoms with Crippen LogP contribution in [0.5, 0.6) is 0 Å². The zero-order valence-corrected chi connectivity index (χ0v) is 14.1. The van der Waals surface area contributed by atoms with Gasteiger partial charge in [0.05, 0.1) is 12.2 Å². The monoisotopic (exact) mass is 326 g/mol. The van der Waals surface area contributed by atoms with E-state index in [1.165, 1.54) is 24.2 Å². The lowest BCUT2D eigenvalue weighted by atomic mass is 10.2. The lowest BCUT2D eigenvalue weighted by Gasteiger charge is -2.27. The van der Waals surface area contributed by atoms with Gasteiger partial charge < -0.3 is 14.0 Å². The lowest BCUT2D eigenvalue weighted by molar-refractivity contribution is 0.0363. The molecular formula is C16H26N2O3S. The van der Waals surface area contributed by atoms with Crippen molar-refractivity contribution in [1.82, 2.24) is 9.47 Å². The molecule has 0 radical (unpaired) electrons. The highest BCUT2D eigenvalue weighted by Crippen LogP contribution is 2.17. The normalized spacial score (nSPS) is 25.4. The number of thiazole rings is 1. The van der Waals surface area contributed by atoms with Gasteiger partial charge in [-0.2, -0.15) is 0 Å². The van der Waals surface area contributed by atoms with Crippen LogP contribution >= 0.6 is 11.3 Å². The van der Waals surface area contributed by atoms with E-state index in [0.29, 0.717) is 12.2 Å². The fourth-order valence-electron chi connectivity index (χ4n) is 3.33. The first-order valence-electron chi connectivity index (χ1n) is 8.33. The molecule has 3 heterocycles. The molecule has 0 N–H and O–H groups in total. The molecule has 0 unspecified atom stereocenters. The average Bonchev–Trinajstić information content (AvgIpc) is 3.22. The van der Waals surface area contributed by atoms with Crippen molar-refractivity contribution in [2.24, 2.45) is 0 Å². The summed E-state index contributed by atoms with van der Waals surface area (Å²) in [6.45, 7) is 7.34. The molecule has 6 heteroatoms. The Hall–Kier alpha value is -0.690. The maximum Gasteiger partial charge on any atom is 0.307 e. The molecule has 22 heavy (non-hydrogen) atoms. The van der Waals surface area contributed by atoms with Gasteiger partial charge in [0.15, 0.2) is 0 Å². The Morgan fingerprint density at radius 3 is 2.32 bits per heavy atom. The average molecular weight is 326 g/mol. The lowest BCUT2D eigenvalue weighted by Crippen LogP contribution is -2.40. The predicted molar refractivity (Wildman–Crippen MR) is 87.7 cm³/mol. The largest absolute Gasteiger partial charge is 0.377 e. The smallest absolute Gasteiger partial charge is 0.307 e. The van der Waals surface area contributed by atoms with Crippen molar-refractivity contribution in [1.29, 1.82) is 0 Å². The van der Waals surface area contributed by atoms with Crippen molar-refractivity contribution in [3.8, 4) is 0 Å². The van der Waals surface area contributed by atoms with Gasteiger partial charge in [0.25, 0.3) is 0 Å². The van der Waals surface area contributed by atoms with E-state index in [2.05, 4.69) is 4.90 Å². The highest BCUT2D eigenvalue weighted by Gasteiger charge is 2.23. The summed E-state index contributed by atoms with van der Waals surface area (Å²) in [6, 6.07) is 0. The maximum atomic E-state index is 11.9. The second-order valence-electron chi connectivity index (χ2n) is 6.32. The van der Waals surface area contributed by atoms with Crippen molar-refractivity contribution < 1.29 is 9.47 Å². The molecule has 0 spiro atoms. The SMILES string of the molecule is Cc1csc(=O)n1CCN(C[C@H]1CCCO1)C[C@@H]1CCCO1. The Balaban J connectivity index is 1.57. The molecule has 1 aromatic heterocycles. The fourth-order valence-corrected chi connectivity index (χ4v) is 4.09. The topological polar surface area (TPSA) is 43.7 Å². The number of ether oxygens (including phenoxy) is 2. The molecule has 2 aliphatic heterocycles. The van der Waals surface area contributed by atoms with Crippen LogP contribution in [0.15, 0.2) is 10.2 Å². The van der Waals surface area contributed by atoms with Crippen LogP contribution in [0.4, 0.5) is 0 Å². The molecule has 0 aliphatic carbocycles. The third kappa shape index (κ3) is 4.19. The maximum absolute atomic E-state index is 11.9. The Labute approximate surface area is 135 Å². The van der Waals surface area contributed by atoms with Gasteiger partial charge in [-0.25, -0.2) is 0 Å². The Kier molecular flexibility index (Phi) is 5.68. The summed E-state index contributed by atoms with van der Waals surface area (Å²) < 4.78 is 13.4. The molecule has 0 aromatic carbocycles. The minimum Gasteiger partial charge on any atom is -0.377 e. The number of aromatic nitrogens is 1. The summed E-state index contributed by atoms with van der Waals surface area (Å²) in [5, 5.41) is 1.94. The summed E-state index contributed by atoms with van der Waals surface area (Å²) in [5.74, 6) is 0. The third-order valence-corrected chi connectivity index (χ3v) is 5.47. The van der Waals surface area contributed by atoms with E-state index in [1.807, 2.05) is 16.9 Å². The molecule has 3 rings (SSSR count). The van der Waals surface area contributed by atoms with Crippen molar-refractivity contribution >= 4 is 11.3 Å². The van der Waals surface area contributed by atoms with Crippen molar-refractivity contribution in [2.75, 3.05) is 32.8 Å². The Morgan fingerprint density at radius 1 is 1.23 bits per heavy atom. The molecule has 0 bridgehead atoms. The number of nitrogens with zero attached hydrogens (tertiary/aromatic N) is 2. The number of hydrogen-bond acceptors (Lipinski definition) is 5. The third-order valence-electron chi connectivity index (χ3n) is 4.59. The van der Waals surface area contributed by atoms with Crippen molar-refractivity contribution in [3.05, 3.63) is 20.7 Å². The van der Waals surface area contributed by atoms with Gasteiger partial charge in [-0.05, 0) is 32.6 Å². The highest BCUT2D eigenvalue weighted by atomic mass is 32.1. The number of aryl methyl sites for hydroxylation is 1. The van der Waals surface area contributed by atoms with Gasteiger partial charge in [0.1, 0.15) is 0 Å². The van der Waals surface area contributed by atoms with E-state index in [4.69, 9.17) is 9.47 Å². The van der Waals surface area contributed by atoms with E-state index in [-0.39, 0.29) is 4.87 Å². The molecule has 2 saturated heterocycles. The molecule has 2 fully saturated rings. The van der Waals surface area contributed by atoms with Crippen LogP contribution in [-0.4, -0.2) is 54.5 Å². The fraction of sp³-hybridized carbons (Fsp3) is 0.812. The van der Waals surface area contributed by atoms with Crippen LogP contribution in [0, 0.1) is 6.92 Å². The highest BCUT2D eigenvalue weighted by molar-refractivity contribution is 7.07. The zero-order chi connectivity index (χ0) is 15.4. The van der Waals surface area contributed by atoms with Crippen molar-refractivity contribution in [3.63, 3.8) is 0 Å². The summed E-state index contributed by atoms with van der Waals surface area (Å²) in [6.07, 6.45) is 5.34. The molecule has 1 aromatic rings. The first-order valence-corrected chi connectivity index (χ1v) is 9.21. The Morgan fingerprint density at radius 2 is 1.86 bits per heavy atom. The van der Waals surface area contributed by atoms with E-state index < -0.39 is 0 Å². The predicted octanol–water partition coefficient (Wildman–Crippen LogP) is 1.88. The van der Waals surface area contributed by atoms with Crippen molar-refractivity contribution in [2.45, 2.75) is 51.4 Å². The quantitative estimate of drug-likeness (QED) is 0.767. The molecule has 2 aliphatic rings. The summed E-state index contributed by atoms with van der Waals surface area (Å²) >= 11 is 1.29. The second kappa shape index (κ2) is 7.73. The van der Waals surface area contributed by atoms with Gasteiger partial charge in [0, 0.05) is 50.5 Å². The molecule has 124 valence electrons. The standard InChI is InChI=1S/C16H26N2O3S/c1-13-12-22-16(19)18(13)7-6-17(10-14-4-2-8-20-14)11-15-5-3-9-21-15/h12,14-15H,2-11H2,1H3/t14-,15+. The van der Waals surface area contributed by atoms with Gasteiger partial charge in [-0.3, -0.25) is 9.69 Å². The minimum atomic E-state index is 0.145. The van der Waals surface area contributed by atoms with E-state index >= 15 is 0 Å². The summed E-state index contributed by atoms with van der Waals surface area (Å²) in [7, 11) is 0. The van der Waals surface area contributed by atoms with Crippen LogP contribution in [0.3, 0.4) is 0 Å². The number of rotatable bonds is 7. The van der Waals surface area contributed by atoms with Crippen LogP contribution < -0.4 is 4.87 Å². The van der Waals surface area contributed by atoms with Gasteiger partial charge in [-0.15, -0.1) is 0 Å².